The van der Waals surface area contributed by atoms with Crippen LogP contribution in [0.4, 0.5) is 5.95 Å². The van der Waals surface area contributed by atoms with Crippen molar-refractivity contribution in [3.05, 3.63) is 48.3 Å². The first-order valence-electron chi connectivity index (χ1n) is 4.45. The van der Waals surface area contributed by atoms with Crippen LogP contribution in [0.25, 0.3) is 0 Å². The summed E-state index contributed by atoms with van der Waals surface area (Å²) in [7, 11) is 0. The zero-order valence-electron chi connectivity index (χ0n) is 7.91. The number of aromatic nitrogens is 2. The minimum Gasteiger partial charge on any atom is -0.508 e. The van der Waals surface area contributed by atoms with Crippen molar-refractivity contribution in [1.29, 1.82) is 0 Å². The van der Waals surface area contributed by atoms with Gasteiger partial charge in [0.2, 0.25) is 5.95 Å². The van der Waals surface area contributed by atoms with E-state index in [1.165, 1.54) is 0 Å². The fourth-order valence-corrected chi connectivity index (χ4v) is 1.05. The molecule has 0 aliphatic carbocycles. The molecule has 0 saturated carbocycles. The van der Waals surface area contributed by atoms with Crippen molar-refractivity contribution >= 4 is 12.2 Å². The van der Waals surface area contributed by atoms with Gasteiger partial charge in [-0.05, 0) is 35.9 Å². The Morgan fingerprint density at radius 2 is 1.73 bits per heavy atom. The molecule has 1 N–H and O–H groups in total. The molecule has 0 aliphatic rings. The number of nitrogens with zero attached hydrogens (tertiary/aromatic N) is 3. The van der Waals surface area contributed by atoms with E-state index < -0.39 is 0 Å². The van der Waals surface area contributed by atoms with Crippen LogP contribution in [0, 0.1) is 0 Å². The molecule has 74 valence electrons. The molecule has 0 fully saturated rings. The zero-order chi connectivity index (χ0) is 10.5. The quantitative estimate of drug-likeness (QED) is 0.752. The summed E-state index contributed by atoms with van der Waals surface area (Å²) >= 11 is 0. The highest BCUT2D eigenvalue weighted by molar-refractivity contribution is 5.81. The first-order chi connectivity index (χ1) is 7.34. The second-order valence-electron chi connectivity index (χ2n) is 2.90. The highest BCUT2D eigenvalue weighted by Gasteiger charge is 1.90. The van der Waals surface area contributed by atoms with E-state index in [0.717, 1.165) is 5.56 Å². The number of aliphatic imine (C=N–C) groups is 1. The summed E-state index contributed by atoms with van der Waals surface area (Å²) in [5.41, 5.74) is 0.889. The van der Waals surface area contributed by atoms with Crippen LogP contribution in [-0.4, -0.2) is 21.3 Å². The lowest BCUT2D eigenvalue weighted by molar-refractivity contribution is 0.475. The van der Waals surface area contributed by atoms with Crippen LogP contribution in [0.15, 0.2) is 47.7 Å². The summed E-state index contributed by atoms with van der Waals surface area (Å²) in [4.78, 5) is 12.0. The van der Waals surface area contributed by atoms with Crippen molar-refractivity contribution in [2.45, 2.75) is 0 Å². The van der Waals surface area contributed by atoms with Gasteiger partial charge in [-0.25, -0.2) is 15.0 Å². The molecule has 4 nitrogen and oxygen atoms in total. The van der Waals surface area contributed by atoms with Gasteiger partial charge in [0.15, 0.2) is 0 Å². The third-order valence-corrected chi connectivity index (χ3v) is 1.77. The van der Waals surface area contributed by atoms with Crippen LogP contribution in [0.3, 0.4) is 0 Å². The Balaban J connectivity index is 2.15. The predicted octanol–water partition coefficient (Wildman–Crippen LogP) is 1.93. The number of benzene rings is 1. The Hall–Kier alpha value is -2.23. The van der Waals surface area contributed by atoms with Crippen LogP contribution in [0.2, 0.25) is 0 Å². The highest BCUT2D eigenvalue weighted by atomic mass is 16.3. The molecule has 1 heterocycles. The van der Waals surface area contributed by atoms with Crippen molar-refractivity contribution in [3.63, 3.8) is 0 Å². The van der Waals surface area contributed by atoms with E-state index in [1.54, 1.807) is 48.9 Å². The number of rotatable bonds is 2. The van der Waals surface area contributed by atoms with Gasteiger partial charge in [-0.15, -0.1) is 0 Å². The number of aromatic hydroxyl groups is 1. The summed E-state index contributed by atoms with van der Waals surface area (Å²) in [6.45, 7) is 0. The average molecular weight is 199 g/mol. The van der Waals surface area contributed by atoms with E-state index in [-0.39, 0.29) is 5.75 Å². The molecule has 1 aromatic carbocycles. The first kappa shape index (κ1) is 9.33. The summed E-state index contributed by atoms with van der Waals surface area (Å²) in [5, 5.41) is 9.07. The minimum absolute atomic E-state index is 0.239. The summed E-state index contributed by atoms with van der Waals surface area (Å²) < 4.78 is 0. The van der Waals surface area contributed by atoms with Crippen LogP contribution < -0.4 is 0 Å². The Morgan fingerprint density at radius 1 is 1.07 bits per heavy atom. The second kappa shape index (κ2) is 4.32. The van der Waals surface area contributed by atoms with Crippen LogP contribution >= 0.6 is 0 Å². The number of hydrogen-bond donors (Lipinski definition) is 1. The lowest BCUT2D eigenvalue weighted by Crippen LogP contribution is -1.82. The molecule has 4 heteroatoms. The average Bonchev–Trinajstić information content (AvgIpc) is 2.30. The van der Waals surface area contributed by atoms with Gasteiger partial charge in [0.25, 0.3) is 0 Å². The van der Waals surface area contributed by atoms with E-state index in [1.807, 2.05) is 0 Å². The fourth-order valence-electron chi connectivity index (χ4n) is 1.05. The van der Waals surface area contributed by atoms with E-state index in [0.29, 0.717) is 5.95 Å². The third-order valence-electron chi connectivity index (χ3n) is 1.77. The third kappa shape index (κ3) is 2.60. The Morgan fingerprint density at radius 3 is 2.40 bits per heavy atom. The van der Waals surface area contributed by atoms with Gasteiger partial charge < -0.3 is 5.11 Å². The van der Waals surface area contributed by atoms with Gasteiger partial charge in [0, 0.05) is 18.6 Å². The summed E-state index contributed by atoms with van der Waals surface area (Å²) in [6.07, 6.45) is 4.92. The second-order valence-corrected chi connectivity index (χ2v) is 2.90. The van der Waals surface area contributed by atoms with E-state index in [2.05, 4.69) is 15.0 Å². The molecule has 15 heavy (non-hydrogen) atoms. The van der Waals surface area contributed by atoms with Gasteiger partial charge in [0.05, 0.1) is 0 Å². The van der Waals surface area contributed by atoms with Gasteiger partial charge in [-0.1, -0.05) is 0 Å². The van der Waals surface area contributed by atoms with Crippen molar-refractivity contribution in [2.24, 2.45) is 4.99 Å². The lowest BCUT2D eigenvalue weighted by Gasteiger charge is -1.93. The van der Waals surface area contributed by atoms with Gasteiger partial charge in [0.1, 0.15) is 5.75 Å². The molecular weight excluding hydrogens is 190 g/mol. The molecule has 0 atom stereocenters. The molecule has 0 bridgehead atoms. The monoisotopic (exact) mass is 199 g/mol. The standard InChI is InChI=1S/C11H9N3O/c15-10-4-2-9(3-5-10)8-14-11-12-6-1-7-13-11/h1-8,15H/b14-8+. The maximum absolute atomic E-state index is 9.07. The predicted molar refractivity (Wildman–Crippen MR) is 57.4 cm³/mol. The van der Waals surface area contributed by atoms with Crippen LogP contribution in [0.5, 0.6) is 5.75 Å². The van der Waals surface area contributed by atoms with E-state index in [4.69, 9.17) is 5.11 Å². The molecule has 0 unspecified atom stereocenters. The van der Waals surface area contributed by atoms with Crippen molar-refractivity contribution < 1.29 is 5.11 Å². The SMILES string of the molecule is Oc1ccc(/C=N/c2ncccn2)cc1. The number of phenolic OH excluding ortho intramolecular Hbond substituents is 1. The normalized spacial score (nSPS) is 10.7. The van der Waals surface area contributed by atoms with E-state index in [9.17, 15) is 0 Å². The summed E-state index contributed by atoms with van der Waals surface area (Å²) in [6, 6.07) is 8.48. The largest absolute Gasteiger partial charge is 0.508 e. The van der Waals surface area contributed by atoms with Gasteiger partial charge >= 0.3 is 0 Å². The maximum atomic E-state index is 9.07. The number of phenols is 1. The Labute approximate surface area is 87.0 Å². The molecule has 0 amide bonds. The Bertz CT molecular complexity index is 451. The molecule has 2 aromatic rings. The molecule has 0 radical (unpaired) electrons. The highest BCUT2D eigenvalue weighted by Crippen LogP contribution is 2.08. The molecule has 0 spiro atoms. The fraction of sp³-hybridized carbons (Fsp3) is 0. The van der Waals surface area contributed by atoms with Crippen LogP contribution in [-0.2, 0) is 0 Å². The molecule has 2 rings (SSSR count). The molecule has 0 aliphatic heterocycles. The molecular formula is C11H9N3O. The van der Waals surface area contributed by atoms with Gasteiger partial charge in [-0.2, -0.15) is 0 Å². The van der Waals surface area contributed by atoms with E-state index >= 15 is 0 Å². The topological polar surface area (TPSA) is 58.4 Å². The van der Waals surface area contributed by atoms with Crippen LogP contribution in [0.1, 0.15) is 5.56 Å². The smallest absolute Gasteiger partial charge is 0.249 e. The first-order valence-corrected chi connectivity index (χ1v) is 4.45. The molecule has 0 saturated heterocycles. The Kier molecular flexibility index (Phi) is 2.69. The van der Waals surface area contributed by atoms with Crippen molar-refractivity contribution in [1.82, 2.24) is 9.97 Å². The molecule has 1 aromatic heterocycles. The minimum atomic E-state index is 0.239. The maximum Gasteiger partial charge on any atom is 0.249 e. The summed E-state index contributed by atoms with van der Waals surface area (Å²) in [5.74, 6) is 0.661. The number of hydrogen-bond acceptors (Lipinski definition) is 4. The van der Waals surface area contributed by atoms with Crippen molar-refractivity contribution in [3.8, 4) is 5.75 Å². The van der Waals surface area contributed by atoms with Crippen molar-refractivity contribution in [2.75, 3.05) is 0 Å². The lowest BCUT2D eigenvalue weighted by atomic mass is 10.2. The zero-order valence-corrected chi connectivity index (χ0v) is 7.91. The van der Waals surface area contributed by atoms with Gasteiger partial charge in [-0.3, -0.25) is 0 Å².